The number of carbonyl (C=O) groups is 1. The predicted molar refractivity (Wildman–Crippen MR) is 81.0 cm³/mol. The monoisotopic (exact) mass is 284 g/mol. The molecule has 2 bridgehead atoms. The molecule has 3 rings (SSSR count). The lowest BCUT2D eigenvalue weighted by Crippen LogP contribution is -2.50. The third kappa shape index (κ3) is 1.82. The van der Waals surface area contributed by atoms with E-state index in [2.05, 4.69) is 18.0 Å². The molecule has 4 heteroatoms. The molecule has 0 aliphatic heterocycles. The second kappa shape index (κ2) is 4.72. The number of allylic oxidation sites excluding steroid dienone is 3. The van der Waals surface area contributed by atoms with E-state index in [9.17, 15) is 4.79 Å². The summed E-state index contributed by atoms with van der Waals surface area (Å²) in [6, 6.07) is 3.76. The molecule has 2 aliphatic carbocycles. The molecule has 1 amide bonds. The molecule has 0 spiro atoms. The smallest absolute Gasteiger partial charge is 0.232 e. The third-order valence-corrected chi connectivity index (χ3v) is 4.68. The number of hydrogen-bond donors (Lipinski definition) is 1. The molecule has 0 radical (unpaired) electrons. The van der Waals surface area contributed by atoms with Crippen molar-refractivity contribution in [2.45, 2.75) is 32.1 Å². The number of ether oxygens (including phenoxy) is 1. The Bertz CT molecular complexity index is 675. The minimum absolute atomic E-state index is 0.198. The number of pyridine rings is 1. The summed E-state index contributed by atoms with van der Waals surface area (Å²) in [5.74, 6) is 0.486. The topological polar surface area (TPSA) is 65.2 Å². The first kappa shape index (κ1) is 13.9. The lowest BCUT2D eigenvalue weighted by atomic mass is 9.57. The summed E-state index contributed by atoms with van der Waals surface area (Å²) in [5, 5.41) is 0. The van der Waals surface area contributed by atoms with Crippen LogP contribution in [0.1, 0.15) is 31.5 Å². The standard InChI is InChI=1S/C17H20N2O2/c1-4-12-11-7-10(2)9-17(12,16(18)20)13-5-6-15(21-3)19-14(13)8-11/h4-7,11H,8-9H2,1-3H3,(H2,18,20)/b12-4+/t11-,17+/m0/s1. The molecular formula is C17H20N2O2. The molecule has 1 aromatic heterocycles. The number of hydrogen-bond acceptors (Lipinski definition) is 3. The molecule has 0 saturated carbocycles. The van der Waals surface area contributed by atoms with Crippen molar-refractivity contribution in [3.8, 4) is 5.88 Å². The molecule has 0 unspecified atom stereocenters. The Kier molecular flexibility index (Phi) is 3.12. The number of nitrogens with zero attached hydrogens (tertiary/aromatic N) is 1. The van der Waals surface area contributed by atoms with Gasteiger partial charge in [0.2, 0.25) is 11.8 Å². The van der Waals surface area contributed by atoms with Crippen LogP contribution in [-0.4, -0.2) is 18.0 Å². The molecule has 0 saturated heterocycles. The van der Waals surface area contributed by atoms with Crippen molar-refractivity contribution in [2.24, 2.45) is 11.7 Å². The maximum Gasteiger partial charge on any atom is 0.232 e. The van der Waals surface area contributed by atoms with Crippen molar-refractivity contribution in [3.63, 3.8) is 0 Å². The second-order valence-electron chi connectivity index (χ2n) is 5.86. The maximum atomic E-state index is 12.4. The fourth-order valence-electron chi connectivity index (χ4n) is 3.92. The maximum absolute atomic E-state index is 12.4. The van der Waals surface area contributed by atoms with Crippen LogP contribution in [0, 0.1) is 5.92 Å². The number of aromatic nitrogens is 1. The van der Waals surface area contributed by atoms with E-state index >= 15 is 0 Å². The van der Waals surface area contributed by atoms with Crippen LogP contribution in [0.4, 0.5) is 0 Å². The average Bonchev–Trinajstić information content (AvgIpc) is 2.45. The van der Waals surface area contributed by atoms with Crippen molar-refractivity contribution >= 4 is 5.91 Å². The summed E-state index contributed by atoms with van der Waals surface area (Å²) in [5.41, 5.74) is 9.30. The van der Waals surface area contributed by atoms with Gasteiger partial charge in [-0.05, 0) is 31.4 Å². The summed E-state index contributed by atoms with van der Waals surface area (Å²) in [7, 11) is 1.60. The fourth-order valence-corrected chi connectivity index (χ4v) is 3.92. The van der Waals surface area contributed by atoms with E-state index in [1.165, 1.54) is 5.57 Å². The van der Waals surface area contributed by atoms with Gasteiger partial charge in [-0.3, -0.25) is 4.79 Å². The van der Waals surface area contributed by atoms with Gasteiger partial charge in [-0.2, -0.15) is 0 Å². The van der Waals surface area contributed by atoms with Crippen LogP contribution < -0.4 is 10.5 Å². The number of primary amides is 1. The highest BCUT2D eigenvalue weighted by Gasteiger charge is 2.51. The molecule has 2 N–H and O–H groups in total. The van der Waals surface area contributed by atoms with Gasteiger partial charge in [-0.15, -0.1) is 0 Å². The summed E-state index contributed by atoms with van der Waals surface area (Å²) in [6.45, 7) is 4.05. The quantitative estimate of drug-likeness (QED) is 0.847. The molecular weight excluding hydrogens is 264 g/mol. The Morgan fingerprint density at radius 1 is 1.52 bits per heavy atom. The molecule has 21 heavy (non-hydrogen) atoms. The molecule has 110 valence electrons. The van der Waals surface area contributed by atoms with E-state index in [0.717, 1.165) is 23.3 Å². The van der Waals surface area contributed by atoms with Crippen molar-refractivity contribution in [2.75, 3.05) is 7.11 Å². The van der Waals surface area contributed by atoms with Crippen LogP contribution >= 0.6 is 0 Å². The molecule has 0 aromatic carbocycles. The van der Waals surface area contributed by atoms with Crippen LogP contribution in [-0.2, 0) is 16.6 Å². The van der Waals surface area contributed by atoms with Gasteiger partial charge in [-0.1, -0.05) is 23.8 Å². The number of amides is 1. The first-order chi connectivity index (χ1) is 10.0. The Hall–Kier alpha value is -2.10. The van der Waals surface area contributed by atoms with E-state index < -0.39 is 5.41 Å². The summed E-state index contributed by atoms with van der Waals surface area (Å²) in [6.07, 6.45) is 5.71. The molecule has 2 aliphatic rings. The molecule has 4 nitrogen and oxygen atoms in total. The van der Waals surface area contributed by atoms with Gasteiger partial charge >= 0.3 is 0 Å². The van der Waals surface area contributed by atoms with Gasteiger partial charge < -0.3 is 10.5 Å². The van der Waals surface area contributed by atoms with Crippen LogP contribution in [0.3, 0.4) is 0 Å². The Morgan fingerprint density at radius 3 is 2.90 bits per heavy atom. The predicted octanol–water partition coefficient (Wildman–Crippen LogP) is 2.28. The van der Waals surface area contributed by atoms with Gasteiger partial charge in [-0.25, -0.2) is 4.98 Å². The highest BCUT2D eigenvalue weighted by Crippen LogP contribution is 2.51. The van der Waals surface area contributed by atoms with Crippen LogP contribution in [0.15, 0.2) is 35.4 Å². The Labute approximate surface area is 124 Å². The lowest BCUT2D eigenvalue weighted by Gasteiger charge is -2.45. The van der Waals surface area contributed by atoms with Gasteiger partial charge in [0.1, 0.15) is 5.41 Å². The van der Waals surface area contributed by atoms with Crippen molar-refractivity contribution in [1.82, 2.24) is 4.98 Å². The number of rotatable bonds is 2. The van der Waals surface area contributed by atoms with Crippen LogP contribution in [0.25, 0.3) is 0 Å². The molecule has 0 fully saturated rings. The van der Waals surface area contributed by atoms with E-state index in [0.29, 0.717) is 12.3 Å². The SMILES string of the molecule is C/C=C1\[C@H]2C=C(C)C[C@]1(C(N)=O)c1ccc(OC)nc1C2. The molecule has 2 atom stereocenters. The van der Waals surface area contributed by atoms with E-state index in [1.807, 2.05) is 25.1 Å². The number of nitrogens with two attached hydrogens (primary N) is 1. The van der Waals surface area contributed by atoms with Crippen molar-refractivity contribution < 1.29 is 9.53 Å². The first-order valence-electron chi connectivity index (χ1n) is 7.21. The highest BCUT2D eigenvalue weighted by atomic mass is 16.5. The number of fused-ring (bicyclic) bond motifs is 4. The van der Waals surface area contributed by atoms with E-state index in [4.69, 9.17) is 10.5 Å². The zero-order chi connectivity index (χ0) is 15.2. The summed E-state index contributed by atoms with van der Waals surface area (Å²) < 4.78 is 5.21. The van der Waals surface area contributed by atoms with Crippen molar-refractivity contribution in [1.29, 1.82) is 0 Å². The van der Waals surface area contributed by atoms with Crippen molar-refractivity contribution in [3.05, 3.63) is 46.7 Å². The van der Waals surface area contributed by atoms with Gasteiger partial charge in [0.25, 0.3) is 0 Å². The lowest BCUT2D eigenvalue weighted by molar-refractivity contribution is -0.122. The van der Waals surface area contributed by atoms with E-state index in [-0.39, 0.29) is 11.8 Å². The molecule has 1 heterocycles. The highest BCUT2D eigenvalue weighted by molar-refractivity contribution is 5.92. The number of methoxy groups -OCH3 is 1. The fraction of sp³-hybridized carbons (Fsp3) is 0.412. The van der Waals surface area contributed by atoms with Gasteiger partial charge in [0.05, 0.1) is 7.11 Å². The Balaban J connectivity index is 2.30. The first-order valence-corrected chi connectivity index (χ1v) is 7.21. The zero-order valence-electron chi connectivity index (χ0n) is 12.6. The minimum Gasteiger partial charge on any atom is -0.481 e. The van der Waals surface area contributed by atoms with Crippen LogP contribution in [0.2, 0.25) is 0 Å². The van der Waals surface area contributed by atoms with Crippen LogP contribution in [0.5, 0.6) is 5.88 Å². The van der Waals surface area contributed by atoms with Gasteiger partial charge in [0.15, 0.2) is 0 Å². The third-order valence-electron chi connectivity index (χ3n) is 4.68. The number of carbonyl (C=O) groups excluding carboxylic acids is 1. The van der Waals surface area contributed by atoms with Gasteiger partial charge in [0, 0.05) is 24.1 Å². The average molecular weight is 284 g/mol. The largest absolute Gasteiger partial charge is 0.481 e. The summed E-state index contributed by atoms with van der Waals surface area (Å²) >= 11 is 0. The minimum atomic E-state index is -0.745. The summed E-state index contributed by atoms with van der Waals surface area (Å²) in [4.78, 5) is 17.0. The zero-order valence-corrected chi connectivity index (χ0v) is 12.6. The Morgan fingerprint density at radius 2 is 2.29 bits per heavy atom. The van der Waals surface area contributed by atoms with E-state index in [1.54, 1.807) is 7.11 Å². The normalized spacial score (nSPS) is 28.8. The second-order valence-corrected chi connectivity index (χ2v) is 5.86. The molecule has 1 aromatic rings.